The maximum Gasteiger partial charge on any atom is 0.257 e. The van der Waals surface area contributed by atoms with Crippen LogP contribution in [0.4, 0.5) is 5.95 Å². The number of hydrogen-bond donors (Lipinski definition) is 2. The largest absolute Gasteiger partial charge is 0.324 e. The third-order valence-electron chi connectivity index (χ3n) is 5.09. The molecule has 1 amide bonds. The summed E-state index contributed by atoms with van der Waals surface area (Å²) in [4.78, 5) is 20.0. The first-order chi connectivity index (χ1) is 13.4. The number of sulfonamides is 1. The highest BCUT2D eigenvalue weighted by molar-refractivity contribution is 7.89. The summed E-state index contributed by atoms with van der Waals surface area (Å²) in [5.74, 6) is -0.000570. The molecule has 0 aliphatic carbocycles. The lowest BCUT2D eigenvalue weighted by Gasteiger charge is -2.32. The second-order valence-corrected chi connectivity index (χ2v) is 8.93. The number of nitrogens with zero attached hydrogens (tertiary/aromatic N) is 2. The number of imidazole rings is 1. The van der Waals surface area contributed by atoms with Gasteiger partial charge in [0.1, 0.15) is 0 Å². The summed E-state index contributed by atoms with van der Waals surface area (Å²) in [6.07, 6.45) is 2.80. The first kappa shape index (κ1) is 18.6. The van der Waals surface area contributed by atoms with Crippen molar-refractivity contribution in [2.75, 3.05) is 11.9 Å². The van der Waals surface area contributed by atoms with Crippen LogP contribution in [0.5, 0.6) is 0 Å². The second kappa shape index (κ2) is 7.37. The third-order valence-corrected chi connectivity index (χ3v) is 7.11. The number of carbonyl (C=O) groups excluding carboxylic acids is 1. The molecule has 1 aliphatic rings. The van der Waals surface area contributed by atoms with Gasteiger partial charge in [0.2, 0.25) is 16.0 Å². The van der Waals surface area contributed by atoms with E-state index in [1.54, 1.807) is 4.31 Å². The average molecular weight is 398 g/mol. The SMILES string of the molecule is CC1CCCCN1S(=O)(=O)c1ccc(C(=O)Nc2nc3ccccc3[nH]2)cc1. The fraction of sp³-hybridized carbons (Fsp3) is 0.300. The maximum absolute atomic E-state index is 12.9. The summed E-state index contributed by atoms with van der Waals surface area (Å²) in [6.45, 7) is 2.48. The zero-order valence-corrected chi connectivity index (χ0v) is 16.4. The number of anilines is 1. The number of aromatic amines is 1. The van der Waals surface area contributed by atoms with Gasteiger partial charge in [0.15, 0.2) is 0 Å². The lowest BCUT2D eigenvalue weighted by molar-refractivity contribution is 0.102. The Hall–Kier alpha value is -2.71. The van der Waals surface area contributed by atoms with Crippen LogP contribution in [0.2, 0.25) is 0 Å². The average Bonchev–Trinajstić information content (AvgIpc) is 3.10. The predicted molar refractivity (Wildman–Crippen MR) is 108 cm³/mol. The van der Waals surface area contributed by atoms with E-state index < -0.39 is 10.0 Å². The lowest BCUT2D eigenvalue weighted by atomic mass is 10.1. The van der Waals surface area contributed by atoms with Crippen LogP contribution >= 0.6 is 0 Å². The summed E-state index contributed by atoms with van der Waals surface area (Å²) in [5, 5.41) is 2.71. The van der Waals surface area contributed by atoms with Gasteiger partial charge in [0.05, 0.1) is 15.9 Å². The van der Waals surface area contributed by atoms with Crippen molar-refractivity contribution in [1.29, 1.82) is 0 Å². The van der Waals surface area contributed by atoms with Crippen molar-refractivity contribution in [1.82, 2.24) is 14.3 Å². The standard InChI is InChI=1S/C20H22N4O3S/c1-14-6-4-5-13-24(14)28(26,27)16-11-9-15(10-12-16)19(25)23-20-21-17-7-2-3-8-18(17)22-20/h2-3,7-12,14H,4-6,13H2,1H3,(H2,21,22,23,25). The molecule has 28 heavy (non-hydrogen) atoms. The van der Waals surface area contributed by atoms with E-state index in [2.05, 4.69) is 15.3 Å². The van der Waals surface area contributed by atoms with Crippen LogP contribution in [0.15, 0.2) is 53.4 Å². The highest BCUT2D eigenvalue weighted by Gasteiger charge is 2.30. The Kier molecular flexibility index (Phi) is 4.91. The molecule has 7 nitrogen and oxygen atoms in total. The van der Waals surface area contributed by atoms with Crippen LogP contribution < -0.4 is 5.32 Å². The van der Waals surface area contributed by atoms with Gasteiger partial charge >= 0.3 is 0 Å². The molecule has 8 heteroatoms. The van der Waals surface area contributed by atoms with Crippen LogP contribution in [0.1, 0.15) is 36.5 Å². The van der Waals surface area contributed by atoms with Crippen molar-refractivity contribution in [2.24, 2.45) is 0 Å². The number of fused-ring (bicyclic) bond motifs is 1. The summed E-state index contributed by atoms with van der Waals surface area (Å²) >= 11 is 0. The van der Waals surface area contributed by atoms with E-state index >= 15 is 0 Å². The number of piperidine rings is 1. The summed E-state index contributed by atoms with van der Waals surface area (Å²) in [5.41, 5.74) is 1.95. The van der Waals surface area contributed by atoms with E-state index in [4.69, 9.17) is 0 Å². The second-order valence-electron chi connectivity index (χ2n) is 7.04. The van der Waals surface area contributed by atoms with Gasteiger partial charge in [0.25, 0.3) is 5.91 Å². The first-order valence-corrected chi connectivity index (χ1v) is 10.8. The third kappa shape index (κ3) is 3.53. The van der Waals surface area contributed by atoms with Crippen molar-refractivity contribution in [3.05, 3.63) is 54.1 Å². The Balaban J connectivity index is 1.51. The van der Waals surface area contributed by atoms with Gasteiger partial charge < -0.3 is 4.98 Å². The highest BCUT2D eigenvalue weighted by Crippen LogP contribution is 2.25. The smallest absolute Gasteiger partial charge is 0.257 e. The van der Waals surface area contributed by atoms with E-state index in [-0.39, 0.29) is 16.8 Å². The molecule has 1 unspecified atom stereocenters. The lowest BCUT2D eigenvalue weighted by Crippen LogP contribution is -2.41. The molecular weight excluding hydrogens is 376 g/mol. The van der Waals surface area contributed by atoms with Crippen LogP contribution in [-0.2, 0) is 10.0 Å². The molecule has 2 N–H and O–H groups in total. The van der Waals surface area contributed by atoms with E-state index in [1.165, 1.54) is 24.3 Å². The van der Waals surface area contributed by atoms with Crippen molar-refractivity contribution in [3.8, 4) is 0 Å². The predicted octanol–water partition coefficient (Wildman–Crippen LogP) is 3.38. The van der Waals surface area contributed by atoms with Gasteiger partial charge in [-0.1, -0.05) is 18.6 Å². The van der Waals surface area contributed by atoms with E-state index in [9.17, 15) is 13.2 Å². The monoisotopic (exact) mass is 398 g/mol. The number of hydrogen-bond acceptors (Lipinski definition) is 4. The van der Waals surface area contributed by atoms with Crippen molar-refractivity contribution in [2.45, 2.75) is 37.1 Å². The van der Waals surface area contributed by atoms with Crippen LogP contribution in [0.3, 0.4) is 0 Å². The zero-order chi connectivity index (χ0) is 19.7. The molecule has 1 aliphatic heterocycles. The summed E-state index contributed by atoms with van der Waals surface area (Å²) in [6, 6.07) is 13.5. The minimum absolute atomic E-state index is 0.00481. The van der Waals surface area contributed by atoms with Crippen LogP contribution in [0, 0.1) is 0 Å². The van der Waals surface area contributed by atoms with Gasteiger partial charge in [-0.15, -0.1) is 0 Å². The minimum Gasteiger partial charge on any atom is -0.324 e. The number of para-hydroxylation sites is 2. The Morgan fingerprint density at radius 3 is 2.61 bits per heavy atom. The molecule has 1 atom stereocenters. The van der Waals surface area contributed by atoms with Gasteiger partial charge in [-0.25, -0.2) is 13.4 Å². The number of nitrogens with one attached hydrogen (secondary N) is 2. The summed E-state index contributed by atoms with van der Waals surface area (Å²) < 4.78 is 27.3. The Bertz CT molecular complexity index is 1070. The fourth-order valence-electron chi connectivity index (χ4n) is 3.53. The number of carbonyl (C=O) groups is 1. The van der Waals surface area contributed by atoms with Crippen LogP contribution in [-0.4, -0.2) is 41.2 Å². The Labute approximate surface area is 163 Å². The number of amides is 1. The van der Waals surface area contributed by atoms with Crippen molar-refractivity contribution in [3.63, 3.8) is 0 Å². The van der Waals surface area contributed by atoms with Crippen molar-refractivity contribution < 1.29 is 13.2 Å². The molecular formula is C20H22N4O3S. The molecule has 1 saturated heterocycles. The normalized spacial score (nSPS) is 18.2. The van der Waals surface area contributed by atoms with Gasteiger partial charge in [-0.2, -0.15) is 4.31 Å². The molecule has 1 aromatic heterocycles. The molecule has 0 spiro atoms. The number of rotatable bonds is 4. The van der Waals surface area contributed by atoms with Gasteiger partial charge in [-0.05, 0) is 56.2 Å². The van der Waals surface area contributed by atoms with E-state index in [1.807, 2.05) is 31.2 Å². The Morgan fingerprint density at radius 1 is 1.14 bits per heavy atom. The maximum atomic E-state index is 12.9. The topological polar surface area (TPSA) is 95.2 Å². The molecule has 3 aromatic rings. The number of aromatic nitrogens is 2. The molecule has 1 fully saturated rings. The Morgan fingerprint density at radius 2 is 1.89 bits per heavy atom. The van der Waals surface area contributed by atoms with E-state index in [0.29, 0.717) is 18.1 Å². The molecule has 0 bridgehead atoms. The van der Waals surface area contributed by atoms with Crippen molar-refractivity contribution >= 4 is 32.9 Å². The number of benzene rings is 2. The molecule has 2 aromatic carbocycles. The first-order valence-electron chi connectivity index (χ1n) is 9.33. The van der Waals surface area contributed by atoms with Gasteiger partial charge in [0, 0.05) is 18.2 Å². The van der Waals surface area contributed by atoms with E-state index in [0.717, 1.165) is 30.3 Å². The molecule has 2 heterocycles. The summed E-state index contributed by atoms with van der Waals surface area (Å²) in [7, 11) is -3.55. The minimum atomic E-state index is -3.55. The van der Waals surface area contributed by atoms with Crippen LogP contribution in [0.25, 0.3) is 11.0 Å². The number of H-pyrrole nitrogens is 1. The van der Waals surface area contributed by atoms with Gasteiger partial charge in [-0.3, -0.25) is 10.1 Å². The molecule has 0 saturated carbocycles. The zero-order valence-electron chi connectivity index (χ0n) is 15.6. The highest BCUT2D eigenvalue weighted by atomic mass is 32.2. The molecule has 146 valence electrons. The molecule has 4 rings (SSSR count). The molecule has 0 radical (unpaired) electrons. The fourth-order valence-corrected chi connectivity index (χ4v) is 5.23. The quantitative estimate of drug-likeness (QED) is 0.704.